The number of rotatable bonds is 1. The zero-order valence-electron chi connectivity index (χ0n) is 7.15. The van der Waals surface area contributed by atoms with Crippen molar-refractivity contribution in [2.45, 2.75) is 19.9 Å². The van der Waals surface area contributed by atoms with Gasteiger partial charge in [0.15, 0.2) is 5.65 Å². The van der Waals surface area contributed by atoms with Crippen molar-refractivity contribution in [1.82, 2.24) is 14.8 Å². The molecule has 0 spiro atoms. The highest BCUT2D eigenvalue weighted by molar-refractivity contribution is 5.73. The predicted octanol–water partition coefficient (Wildman–Crippen LogP) is 1.81. The molecule has 3 heteroatoms. The van der Waals surface area contributed by atoms with Crippen molar-refractivity contribution in [2.24, 2.45) is 0 Å². The summed E-state index contributed by atoms with van der Waals surface area (Å²) in [5.41, 5.74) is 0.934. The minimum absolute atomic E-state index is 0.359. The highest BCUT2D eigenvalue weighted by Gasteiger charge is 2.04. The Morgan fingerprint density at radius 1 is 1.50 bits per heavy atom. The van der Waals surface area contributed by atoms with E-state index in [-0.39, 0.29) is 0 Å². The second-order valence-electron chi connectivity index (χ2n) is 3.03. The maximum atomic E-state index is 4.23. The fourth-order valence-corrected chi connectivity index (χ4v) is 1.21. The maximum Gasteiger partial charge on any atom is 0.157 e. The van der Waals surface area contributed by atoms with Gasteiger partial charge in [0, 0.05) is 23.7 Å². The van der Waals surface area contributed by atoms with Gasteiger partial charge in [0.1, 0.15) is 0 Å². The van der Waals surface area contributed by atoms with Gasteiger partial charge in [-0.15, -0.1) is 0 Å². The number of nitrogens with zero attached hydrogens (tertiary/aromatic N) is 3. The zero-order valence-corrected chi connectivity index (χ0v) is 7.15. The van der Waals surface area contributed by atoms with Crippen molar-refractivity contribution in [3.05, 3.63) is 24.5 Å². The molecule has 0 amide bonds. The first-order chi connectivity index (χ1) is 5.79. The monoisotopic (exact) mass is 160 g/mol. The van der Waals surface area contributed by atoms with Gasteiger partial charge in [-0.2, -0.15) is 5.10 Å². The van der Waals surface area contributed by atoms with Crippen LogP contribution in [0.25, 0.3) is 11.0 Å². The van der Waals surface area contributed by atoms with Crippen LogP contribution in [0.4, 0.5) is 0 Å². The van der Waals surface area contributed by atoms with Gasteiger partial charge >= 0.3 is 0 Å². The van der Waals surface area contributed by atoms with Crippen LogP contribution in [0.2, 0.25) is 0 Å². The number of hydrogen-bond acceptors (Lipinski definition) is 2. The summed E-state index contributed by atoms with van der Waals surface area (Å²) >= 11 is 0. The Kier molecular flexibility index (Phi) is 1.57. The summed E-state index contributed by atoms with van der Waals surface area (Å²) in [5.74, 6) is 0. The van der Waals surface area contributed by atoms with Crippen LogP contribution in [0.3, 0.4) is 0 Å². The van der Waals surface area contributed by atoms with Gasteiger partial charge in [-0.25, -0.2) is 9.67 Å². The Balaban J connectivity index is 2.70. The molecule has 0 saturated heterocycles. The van der Waals surface area contributed by atoms with Gasteiger partial charge in [0.2, 0.25) is 0 Å². The molecule has 2 heterocycles. The number of pyridine rings is 1. The Morgan fingerprint density at radius 2 is 2.33 bits per heavy atom. The summed E-state index contributed by atoms with van der Waals surface area (Å²) in [7, 11) is 0. The van der Waals surface area contributed by atoms with Crippen LogP contribution >= 0.6 is 0 Å². The quantitative estimate of drug-likeness (QED) is 0.637. The number of fused-ring (bicyclic) bond motifs is 1. The molecule has 0 atom stereocenters. The topological polar surface area (TPSA) is 30.7 Å². The fourth-order valence-electron chi connectivity index (χ4n) is 1.21. The minimum Gasteiger partial charge on any atom is -0.245 e. The molecule has 1 radical (unpaired) electrons. The van der Waals surface area contributed by atoms with Crippen molar-refractivity contribution in [1.29, 1.82) is 0 Å². The molecule has 0 unspecified atom stereocenters. The Morgan fingerprint density at radius 3 is 3.08 bits per heavy atom. The second-order valence-corrected chi connectivity index (χ2v) is 3.03. The van der Waals surface area contributed by atoms with Gasteiger partial charge in [-0.3, -0.25) is 0 Å². The lowest BCUT2D eigenvalue weighted by Gasteiger charge is -2.04. The van der Waals surface area contributed by atoms with Gasteiger partial charge in [-0.05, 0) is 19.9 Å². The first-order valence-corrected chi connectivity index (χ1v) is 3.98. The van der Waals surface area contributed by atoms with Crippen molar-refractivity contribution >= 4 is 11.0 Å². The largest absolute Gasteiger partial charge is 0.245 e. The Bertz CT molecular complexity index is 389. The van der Waals surface area contributed by atoms with E-state index in [2.05, 4.69) is 30.0 Å². The lowest BCUT2D eigenvalue weighted by atomic mass is 10.3. The van der Waals surface area contributed by atoms with Gasteiger partial charge in [0.25, 0.3) is 0 Å². The predicted molar refractivity (Wildman–Crippen MR) is 46.7 cm³/mol. The average Bonchev–Trinajstić information content (AvgIpc) is 2.47. The molecule has 0 bridgehead atoms. The molecule has 2 aromatic rings. The molecule has 12 heavy (non-hydrogen) atoms. The number of hydrogen-bond donors (Lipinski definition) is 0. The fraction of sp³-hybridized carbons (Fsp3) is 0.333. The Labute approximate surface area is 71.0 Å². The molecule has 2 aromatic heterocycles. The van der Waals surface area contributed by atoms with E-state index in [0.29, 0.717) is 6.04 Å². The van der Waals surface area contributed by atoms with Crippen LogP contribution in [0.5, 0.6) is 0 Å². The molecule has 0 fully saturated rings. The second kappa shape index (κ2) is 2.59. The molecule has 0 aliphatic rings. The van der Waals surface area contributed by atoms with Crippen molar-refractivity contribution in [3.8, 4) is 0 Å². The van der Waals surface area contributed by atoms with Crippen LogP contribution in [-0.4, -0.2) is 14.8 Å². The summed E-state index contributed by atoms with van der Waals surface area (Å²) in [4.78, 5) is 4.21. The highest BCUT2D eigenvalue weighted by atomic mass is 15.3. The summed E-state index contributed by atoms with van der Waals surface area (Å²) in [5, 5.41) is 5.28. The van der Waals surface area contributed by atoms with Crippen molar-refractivity contribution < 1.29 is 0 Å². The van der Waals surface area contributed by atoms with E-state index < -0.39 is 0 Å². The van der Waals surface area contributed by atoms with Gasteiger partial charge < -0.3 is 0 Å². The molecule has 61 valence electrons. The van der Waals surface area contributed by atoms with E-state index in [1.807, 2.05) is 16.9 Å². The number of aromatic nitrogens is 3. The van der Waals surface area contributed by atoms with Crippen LogP contribution in [0.15, 0.2) is 18.5 Å². The molecule has 0 saturated carbocycles. The summed E-state index contributed by atoms with van der Waals surface area (Å²) < 4.78 is 1.91. The molecular formula is C9H10N3. The third kappa shape index (κ3) is 0.978. The molecule has 0 aromatic carbocycles. The average molecular weight is 160 g/mol. The third-order valence-corrected chi connectivity index (χ3v) is 1.79. The maximum absolute atomic E-state index is 4.23. The first-order valence-electron chi connectivity index (χ1n) is 3.98. The summed E-state index contributed by atoms with van der Waals surface area (Å²) in [6.45, 7) is 4.18. The van der Waals surface area contributed by atoms with E-state index >= 15 is 0 Å². The van der Waals surface area contributed by atoms with Crippen LogP contribution in [0.1, 0.15) is 19.9 Å². The molecule has 2 rings (SSSR count). The van der Waals surface area contributed by atoms with Crippen LogP contribution < -0.4 is 0 Å². The molecular weight excluding hydrogens is 150 g/mol. The summed E-state index contributed by atoms with van der Waals surface area (Å²) in [6, 6.07) is 5.18. The van der Waals surface area contributed by atoms with Crippen LogP contribution in [-0.2, 0) is 0 Å². The smallest absolute Gasteiger partial charge is 0.157 e. The van der Waals surface area contributed by atoms with E-state index in [0.717, 1.165) is 11.0 Å². The van der Waals surface area contributed by atoms with E-state index in [1.165, 1.54) is 0 Å². The first kappa shape index (κ1) is 7.28. The normalized spacial score (nSPS) is 11.2. The van der Waals surface area contributed by atoms with E-state index in [4.69, 9.17) is 0 Å². The van der Waals surface area contributed by atoms with E-state index in [9.17, 15) is 0 Å². The van der Waals surface area contributed by atoms with Gasteiger partial charge in [0.05, 0.1) is 6.20 Å². The standard InChI is InChI=1S/C9H10N3/c1-7(2)12-9-8(6-11-12)4-3-5-10-9/h4-7H,1-2H3. The lowest BCUT2D eigenvalue weighted by molar-refractivity contribution is 0.546. The molecule has 0 aliphatic carbocycles. The van der Waals surface area contributed by atoms with Crippen molar-refractivity contribution in [3.63, 3.8) is 0 Å². The molecule has 0 aliphatic heterocycles. The highest BCUT2D eigenvalue weighted by Crippen LogP contribution is 2.13. The van der Waals surface area contributed by atoms with Crippen molar-refractivity contribution in [2.75, 3.05) is 0 Å². The lowest BCUT2D eigenvalue weighted by Crippen LogP contribution is -2.02. The van der Waals surface area contributed by atoms with E-state index in [1.54, 1.807) is 6.20 Å². The third-order valence-electron chi connectivity index (χ3n) is 1.79. The minimum atomic E-state index is 0.359. The van der Waals surface area contributed by atoms with Crippen LogP contribution in [0, 0.1) is 6.07 Å². The zero-order chi connectivity index (χ0) is 8.55. The Hall–Kier alpha value is -1.38. The molecule has 0 N–H and O–H groups in total. The van der Waals surface area contributed by atoms with Gasteiger partial charge in [-0.1, -0.05) is 0 Å². The molecule has 3 nitrogen and oxygen atoms in total. The summed E-state index contributed by atoms with van der Waals surface area (Å²) in [6.07, 6.45) is 3.49. The SMILES string of the molecule is CC(C)n1ncc2c[c]cnc21.